The molecule has 2 bridgehead atoms. The Bertz CT molecular complexity index is 526. The van der Waals surface area contributed by atoms with Crippen LogP contribution in [0.4, 0.5) is 18.0 Å². The molecule has 1 aliphatic carbocycles. The Hall–Kier alpha value is -1.45. The van der Waals surface area contributed by atoms with E-state index in [-0.39, 0.29) is 24.6 Å². The van der Waals surface area contributed by atoms with E-state index in [4.69, 9.17) is 5.11 Å². The van der Waals surface area contributed by atoms with Gasteiger partial charge in [-0.15, -0.1) is 0 Å². The molecule has 1 N–H and O–H groups in total. The molecule has 0 spiro atoms. The Labute approximate surface area is 106 Å². The Morgan fingerprint density at radius 2 is 2.11 bits per heavy atom. The van der Waals surface area contributed by atoms with E-state index >= 15 is 0 Å². The van der Waals surface area contributed by atoms with Crippen LogP contribution in [-0.2, 0) is 14.3 Å². The number of hydrogen-bond donors (Lipinski definition) is 1. The van der Waals surface area contributed by atoms with Crippen molar-refractivity contribution in [3.63, 3.8) is 0 Å². The van der Waals surface area contributed by atoms with Crippen molar-refractivity contribution < 1.29 is 35.7 Å². The molecule has 0 radical (unpaired) electrons. The maximum atomic E-state index is 12.2. The van der Waals surface area contributed by atoms with Gasteiger partial charge >= 0.3 is 21.7 Å². The zero-order valence-electron chi connectivity index (χ0n) is 9.42. The summed E-state index contributed by atoms with van der Waals surface area (Å²) >= 11 is 0. The van der Waals surface area contributed by atoms with Gasteiger partial charge in [0.1, 0.15) is 5.76 Å². The SMILES string of the molecule is O=C(O)N1CC2C=C(OS(=O)(=O)C(F)(F)F)CC1C2. The molecule has 1 fully saturated rings. The van der Waals surface area contributed by atoms with Gasteiger partial charge in [-0.1, -0.05) is 0 Å². The molecule has 6 nitrogen and oxygen atoms in total. The minimum Gasteiger partial charge on any atom is -0.465 e. The number of alkyl halides is 3. The highest BCUT2D eigenvalue weighted by Crippen LogP contribution is 2.37. The fraction of sp³-hybridized carbons (Fsp3) is 0.667. The fourth-order valence-electron chi connectivity index (χ4n) is 2.31. The van der Waals surface area contributed by atoms with Crippen molar-refractivity contribution in [3.8, 4) is 0 Å². The second kappa shape index (κ2) is 4.29. The minimum atomic E-state index is -5.69. The number of rotatable bonds is 2. The van der Waals surface area contributed by atoms with E-state index in [0.717, 1.165) is 4.90 Å². The zero-order valence-corrected chi connectivity index (χ0v) is 10.2. The van der Waals surface area contributed by atoms with Gasteiger partial charge in [0.25, 0.3) is 0 Å². The molecule has 19 heavy (non-hydrogen) atoms. The summed E-state index contributed by atoms with van der Waals surface area (Å²) in [6.07, 6.45) is 0.368. The molecule has 1 heterocycles. The number of nitrogens with zero attached hydrogens (tertiary/aromatic N) is 1. The molecule has 0 aromatic rings. The zero-order chi connectivity index (χ0) is 14.4. The third-order valence-corrected chi connectivity index (χ3v) is 4.05. The highest BCUT2D eigenvalue weighted by Gasteiger charge is 2.50. The molecular weight excluding hydrogens is 291 g/mol. The summed E-state index contributed by atoms with van der Waals surface area (Å²) in [5.74, 6) is -0.657. The normalized spacial score (nSPS) is 27.1. The van der Waals surface area contributed by atoms with Crippen molar-refractivity contribution in [1.82, 2.24) is 4.90 Å². The summed E-state index contributed by atoms with van der Waals surface area (Å²) in [6, 6.07) is -0.536. The largest absolute Gasteiger partial charge is 0.534 e. The highest BCUT2D eigenvalue weighted by atomic mass is 32.2. The van der Waals surface area contributed by atoms with Crippen molar-refractivity contribution in [1.29, 1.82) is 0 Å². The summed E-state index contributed by atoms with van der Waals surface area (Å²) < 4.78 is 62.2. The van der Waals surface area contributed by atoms with Crippen molar-refractivity contribution in [3.05, 3.63) is 11.8 Å². The van der Waals surface area contributed by atoms with E-state index in [1.54, 1.807) is 0 Å². The lowest BCUT2D eigenvalue weighted by Gasteiger charge is -2.23. The average molecular weight is 301 g/mol. The van der Waals surface area contributed by atoms with Gasteiger partial charge in [0.15, 0.2) is 0 Å². The average Bonchev–Trinajstić information content (AvgIpc) is 2.51. The van der Waals surface area contributed by atoms with Crippen LogP contribution < -0.4 is 0 Å². The van der Waals surface area contributed by atoms with Crippen molar-refractivity contribution in [2.45, 2.75) is 24.4 Å². The van der Waals surface area contributed by atoms with E-state index in [2.05, 4.69) is 4.18 Å². The topological polar surface area (TPSA) is 83.9 Å². The monoisotopic (exact) mass is 301 g/mol. The molecule has 1 saturated heterocycles. The van der Waals surface area contributed by atoms with Crippen LogP contribution in [0.25, 0.3) is 0 Å². The van der Waals surface area contributed by atoms with Crippen molar-refractivity contribution >= 4 is 16.2 Å². The quantitative estimate of drug-likeness (QED) is 0.617. The summed E-state index contributed by atoms with van der Waals surface area (Å²) in [4.78, 5) is 11.9. The van der Waals surface area contributed by atoms with E-state index in [0.29, 0.717) is 6.42 Å². The van der Waals surface area contributed by atoms with Crippen molar-refractivity contribution in [2.75, 3.05) is 6.54 Å². The molecule has 2 rings (SSSR count). The van der Waals surface area contributed by atoms with E-state index in [1.165, 1.54) is 6.08 Å². The molecule has 0 aromatic carbocycles. The van der Waals surface area contributed by atoms with E-state index in [9.17, 15) is 26.4 Å². The van der Waals surface area contributed by atoms with Crippen LogP contribution in [-0.4, -0.2) is 42.6 Å². The van der Waals surface area contributed by atoms with E-state index < -0.39 is 27.8 Å². The van der Waals surface area contributed by atoms with Crippen LogP contribution >= 0.6 is 0 Å². The molecule has 1 aliphatic heterocycles. The smallest absolute Gasteiger partial charge is 0.465 e. The third-order valence-electron chi connectivity index (χ3n) is 3.05. The summed E-state index contributed by atoms with van der Waals surface area (Å²) in [7, 11) is -5.69. The molecule has 0 saturated carbocycles. The lowest BCUT2D eigenvalue weighted by molar-refractivity contribution is -0.0525. The Morgan fingerprint density at radius 1 is 1.47 bits per heavy atom. The standard InChI is InChI=1S/C9H10F3NO5S/c10-9(11,12)19(16,17)18-7-2-5-1-6(3-7)13(4-5)8(14)15/h2,5-6H,1,3-4H2,(H,14,15). The van der Waals surface area contributed by atoms with Crippen LogP contribution in [0, 0.1) is 5.92 Å². The fourth-order valence-corrected chi connectivity index (χ4v) is 2.81. The second-order valence-corrected chi connectivity index (χ2v) is 5.94. The number of likely N-dealkylation sites (tertiary alicyclic amines) is 1. The third kappa shape index (κ3) is 2.62. The molecule has 2 unspecified atom stereocenters. The van der Waals surface area contributed by atoms with E-state index in [1.807, 2.05) is 0 Å². The number of halogens is 3. The predicted octanol–water partition coefficient (Wildman–Crippen LogP) is 1.51. The van der Waals surface area contributed by atoms with Gasteiger partial charge in [-0.3, -0.25) is 0 Å². The first kappa shape index (κ1) is 14.0. The molecule has 1 amide bonds. The number of fused-ring (bicyclic) bond motifs is 2. The second-order valence-electron chi connectivity index (χ2n) is 4.40. The van der Waals surface area contributed by atoms with Crippen LogP contribution in [0.15, 0.2) is 11.8 Å². The van der Waals surface area contributed by atoms with Gasteiger partial charge in [-0.05, 0) is 12.5 Å². The van der Waals surface area contributed by atoms with Crippen LogP contribution in [0.3, 0.4) is 0 Å². The van der Waals surface area contributed by atoms with Gasteiger partial charge in [-0.25, -0.2) is 4.79 Å². The Balaban J connectivity index is 2.12. The lowest BCUT2D eigenvalue weighted by Crippen LogP contribution is -2.34. The maximum absolute atomic E-state index is 12.2. The lowest BCUT2D eigenvalue weighted by atomic mass is 9.96. The minimum absolute atomic E-state index is 0.138. The Morgan fingerprint density at radius 3 is 2.63 bits per heavy atom. The first-order chi connectivity index (χ1) is 8.60. The summed E-state index contributed by atoms with van der Waals surface area (Å²) in [5, 5.41) is 8.87. The number of carbonyl (C=O) groups is 1. The maximum Gasteiger partial charge on any atom is 0.534 e. The predicted molar refractivity (Wildman–Crippen MR) is 55.4 cm³/mol. The molecule has 2 atom stereocenters. The van der Waals surface area contributed by atoms with Crippen molar-refractivity contribution in [2.24, 2.45) is 5.92 Å². The van der Waals surface area contributed by atoms with Gasteiger partial charge in [-0.2, -0.15) is 21.6 Å². The molecule has 2 aliphatic rings. The Kier molecular flexibility index (Phi) is 3.15. The summed E-state index contributed by atoms with van der Waals surface area (Å²) in [5.41, 5.74) is -5.49. The number of hydrogen-bond acceptors (Lipinski definition) is 4. The van der Waals surface area contributed by atoms with Crippen LogP contribution in [0.1, 0.15) is 12.8 Å². The first-order valence-corrected chi connectivity index (χ1v) is 6.72. The molecule has 10 heteroatoms. The summed E-state index contributed by atoms with van der Waals surface area (Å²) in [6.45, 7) is 0.138. The van der Waals surface area contributed by atoms with Gasteiger partial charge < -0.3 is 14.2 Å². The number of amides is 1. The molecule has 0 aromatic heterocycles. The van der Waals surface area contributed by atoms with Gasteiger partial charge in [0.05, 0.1) is 0 Å². The van der Waals surface area contributed by atoms with Gasteiger partial charge in [0, 0.05) is 24.9 Å². The molecule has 108 valence electrons. The highest BCUT2D eigenvalue weighted by molar-refractivity contribution is 7.87. The number of carboxylic acid groups (broad SMARTS) is 1. The van der Waals surface area contributed by atoms with Crippen LogP contribution in [0.2, 0.25) is 0 Å². The first-order valence-electron chi connectivity index (χ1n) is 5.31. The van der Waals surface area contributed by atoms with Gasteiger partial charge in [0.2, 0.25) is 0 Å². The molecular formula is C9H10F3NO5S. The van der Waals surface area contributed by atoms with Crippen LogP contribution in [0.5, 0.6) is 0 Å².